The van der Waals surface area contributed by atoms with E-state index in [1.165, 1.54) is 0 Å². The Balaban J connectivity index is 1.91. The van der Waals surface area contributed by atoms with Gasteiger partial charge < -0.3 is 4.74 Å². The molecule has 1 aromatic rings. The zero-order chi connectivity index (χ0) is 12.3. The third-order valence-electron chi connectivity index (χ3n) is 3.24. The number of Topliss-reactive ketones (excluding diaryl/α,β-unsaturated/α-hetero) is 1. The molecule has 0 saturated heterocycles. The van der Waals surface area contributed by atoms with Crippen LogP contribution in [-0.2, 0) is 20.9 Å². The number of ketones is 1. The van der Waals surface area contributed by atoms with E-state index in [9.17, 15) is 9.59 Å². The van der Waals surface area contributed by atoms with Gasteiger partial charge in [-0.2, -0.15) is 0 Å². The van der Waals surface area contributed by atoms with Crippen LogP contribution in [0.1, 0.15) is 25.3 Å². The Labute approximate surface area is 101 Å². The number of carbonyl (C=O) groups excluding carboxylic acids is 2. The summed E-state index contributed by atoms with van der Waals surface area (Å²) < 4.78 is 5.19. The van der Waals surface area contributed by atoms with Gasteiger partial charge >= 0.3 is 5.97 Å². The molecule has 0 N–H and O–H groups in total. The van der Waals surface area contributed by atoms with Gasteiger partial charge in [0.2, 0.25) is 0 Å². The molecule has 0 aliphatic heterocycles. The molecule has 0 bridgehead atoms. The van der Waals surface area contributed by atoms with Crippen LogP contribution in [0.15, 0.2) is 30.3 Å². The summed E-state index contributed by atoms with van der Waals surface area (Å²) in [5.41, 5.74) is 0.943. The van der Waals surface area contributed by atoms with E-state index in [4.69, 9.17) is 4.74 Å². The molecule has 0 spiro atoms. The van der Waals surface area contributed by atoms with E-state index in [1.807, 2.05) is 37.3 Å². The molecule has 3 heteroatoms. The van der Waals surface area contributed by atoms with E-state index in [-0.39, 0.29) is 24.3 Å². The molecule has 0 amide bonds. The van der Waals surface area contributed by atoms with Crippen LogP contribution >= 0.6 is 0 Å². The van der Waals surface area contributed by atoms with Crippen molar-refractivity contribution in [1.29, 1.82) is 0 Å². The van der Waals surface area contributed by atoms with Crippen molar-refractivity contribution >= 4 is 11.8 Å². The van der Waals surface area contributed by atoms with Gasteiger partial charge in [-0.05, 0) is 17.9 Å². The highest BCUT2D eigenvalue weighted by Gasteiger charge is 2.38. The van der Waals surface area contributed by atoms with Crippen molar-refractivity contribution in [2.24, 2.45) is 11.8 Å². The summed E-state index contributed by atoms with van der Waals surface area (Å²) in [6.45, 7) is 2.18. The third kappa shape index (κ3) is 2.73. The lowest BCUT2D eigenvalue weighted by Gasteiger charge is -2.13. The standard InChI is InChI=1S/C14H16O3/c1-10-7-8-12(15)13(10)14(16)17-9-11-5-3-2-4-6-11/h2-6,10,13H,7-9H2,1H3/t10-,13+/m1/s1. The van der Waals surface area contributed by atoms with Crippen LogP contribution in [0.5, 0.6) is 0 Å². The van der Waals surface area contributed by atoms with Gasteiger partial charge in [-0.15, -0.1) is 0 Å². The molecule has 1 aliphatic carbocycles. The minimum atomic E-state index is -0.543. The van der Waals surface area contributed by atoms with E-state index in [0.29, 0.717) is 6.42 Å². The fourth-order valence-electron chi connectivity index (χ4n) is 2.19. The summed E-state index contributed by atoms with van der Waals surface area (Å²) in [6.07, 6.45) is 1.30. The first-order valence-electron chi connectivity index (χ1n) is 5.92. The van der Waals surface area contributed by atoms with Crippen LogP contribution in [0, 0.1) is 11.8 Å². The van der Waals surface area contributed by atoms with Crippen LogP contribution in [-0.4, -0.2) is 11.8 Å². The maximum Gasteiger partial charge on any atom is 0.317 e. The smallest absolute Gasteiger partial charge is 0.317 e. The summed E-state index contributed by atoms with van der Waals surface area (Å²) in [7, 11) is 0. The Morgan fingerprint density at radius 3 is 2.65 bits per heavy atom. The van der Waals surface area contributed by atoms with Crippen molar-refractivity contribution in [3.63, 3.8) is 0 Å². The quantitative estimate of drug-likeness (QED) is 0.593. The molecular weight excluding hydrogens is 216 g/mol. The van der Waals surface area contributed by atoms with Crippen molar-refractivity contribution in [1.82, 2.24) is 0 Å². The molecular formula is C14H16O3. The molecule has 1 aliphatic rings. The normalized spacial score (nSPS) is 23.7. The van der Waals surface area contributed by atoms with Gasteiger partial charge in [0.1, 0.15) is 18.3 Å². The van der Waals surface area contributed by atoms with Crippen LogP contribution in [0.4, 0.5) is 0 Å². The zero-order valence-corrected chi connectivity index (χ0v) is 9.89. The van der Waals surface area contributed by atoms with Gasteiger partial charge in [-0.25, -0.2) is 0 Å². The van der Waals surface area contributed by atoms with Crippen LogP contribution in [0.25, 0.3) is 0 Å². The second kappa shape index (κ2) is 5.13. The number of benzene rings is 1. The van der Waals surface area contributed by atoms with Gasteiger partial charge in [0.05, 0.1) is 0 Å². The van der Waals surface area contributed by atoms with Gasteiger partial charge in [0.15, 0.2) is 0 Å². The highest BCUT2D eigenvalue weighted by Crippen LogP contribution is 2.29. The van der Waals surface area contributed by atoms with Gasteiger partial charge in [0.25, 0.3) is 0 Å². The monoisotopic (exact) mass is 232 g/mol. The average molecular weight is 232 g/mol. The van der Waals surface area contributed by atoms with Gasteiger partial charge in [0, 0.05) is 6.42 Å². The highest BCUT2D eigenvalue weighted by atomic mass is 16.5. The number of esters is 1. The first-order valence-corrected chi connectivity index (χ1v) is 5.92. The van der Waals surface area contributed by atoms with Crippen molar-refractivity contribution in [3.05, 3.63) is 35.9 Å². The number of ether oxygens (including phenoxy) is 1. The molecule has 1 aromatic carbocycles. The Bertz CT molecular complexity index is 411. The number of rotatable bonds is 3. The maximum absolute atomic E-state index is 11.8. The fraction of sp³-hybridized carbons (Fsp3) is 0.429. The van der Waals surface area contributed by atoms with E-state index in [1.54, 1.807) is 0 Å². The fourth-order valence-corrected chi connectivity index (χ4v) is 2.19. The molecule has 2 rings (SSSR count). The predicted octanol–water partition coefficient (Wildman–Crippen LogP) is 2.35. The zero-order valence-electron chi connectivity index (χ0n) is 9.89. The lowest BCUT2D eigenvalue weighted by molar-refractivity contribution is -0.153. The minimum Gasteiger partial charge on any atom is -0.460 e. The molecule has 0 heterocycles. The molecule has 17 heavy (non-hydrogen) atoms. The summed E-state index contributed by atoms with van der Waals surface area (Å²) in [5, 5.41) is 0. The second-order valence-electron chi connectivity index (χ2n) is 4.55. The molecule has 0 aromatic heterocycles. The topological polar surface area (TPSA) is 43.4 Å². The molecule has 3 nitrogen and oxygen atoms in total. The molecule has 1 saturated carbocycles. The van der Waals surface area contributed by atoms with Crippen LogP contribution in [0.3, 0.4) is 0 Å². The number of carbonyl (C=O) groups is 2. The first kappa shape index (κ1) is 11.8. The van der Waals surface area contributed by atoms with Crippen LogP contribution < -0.4 is 0 Å². The Hall–Kier alpha value is -1.64. The van der Waals surface area contributed by atoms with E-state index in [0.717, 1.165) is 12.0 Å². The summed E-state index contributed by atoms with van der Waals surface area (Å²) >= 11 is 0. The second-order valence-corrected chi connectivity index (χ2v) is 4.55. The molecule has 0 radical (unpaired) electrons. The maximum atomic E-state index is 11.8. The predicted molar refractivity (Wildman–Crippen MR) is 63.1 cm³/mol. The first-order chi connectivity index (χ1) is 8.18. The van der Waals surface area contributed by atoms with E-state index >= 15 is 0 Å². The van der Waals surface area contributed by atoms with Gasteiger partial charge in [-0.1, -0.05) is 37.3 Å². The number of hydrogen-bond donors (Lipinski definition) is 0. The van der Waals surface area contributed by atoms with Crippen molar-refractivity contribution in [3.8, 4) is 0 Å². The largest absolute Gasteiger partial charge is 0.460 e. The SMILES string of the molecule is C[C@@H]1CCC(=O)[C@H]1C(=O)OCc1ccccc1. The third-order valence-corrected chi connectivity index (χ3v) is 3.24. The van der Waals surface area contributed by atoms with Crippen LogP contribution in [0.2, 0.25) is 0 Å². The Morgan fingerprint density at radius 1 is 1.35 bits per heavy atom. The Morgan fingerprint density at radius 2 is 2.06 bits per heavy atom. The number of hydrogen-bond acceptors (Lipinski definition) is 3. The summed E-state index contributed by atoms with van der Waals surface area (Å²) in [4.78, 5) is 23.3. The lowest BCUT2D eigenvalue weighted by atomic mass is 9.98. The minimum absolute atomic E-state index is 0.0237. The van der Waals surface area contributed by atoms with Gasteiger partial charge in [-0.3, -0.25) is 9.59 Å². The molecule has 2 atom stereocenters. The lowest BCUT2D eigenvalue weighted by Crippen LogP contribution is -2.25. The average Bonchev–Trinajstić information content (AvgIpc) is 2.67. The summed E-state index contributed by atoms with van der Waals surface area (Å²) in [6, 6.07) is 9.49. The summed E-state index contributed by atoms with van der Waals surface area (Å²) in [5.74, 6) is -0.774. The van der Waals surface area contributed by atoms with Crippen molar-refractivity contribution in [2.45, 2.75) is 26.4 Å². The highest BCUT2D eigenvalue weighted by molar-refractivity contribution is 6.00. The molecule has 1 fully saturated rings. The molecule has 0 unspecified atom stereocenters. The van der Waals surface area contributed by atoms with Crippen molar-refractivity contribution in [2.75, 3.05) is 0 Å². The Kier molecular flexibility index (Phi) is 3.57. The molecule has 90 valence electrons. The van der Waals surface area contributed by atoms with E-state index < -0.39 is 5.92 Å². The van der Waals surface area contributed by atoms with E-state index in [2.05, 4.69) is 0 Å². The van der Waals surface area contributed by atoms with Crippen molar-refractivity contribution < 1.29 is 14.3 Å².